The average Bonchev–Trinajstić information content (AvgIpc) is 2.73. The second-order valence-electron chi connectivity index (χ2n) is 3.83. The Hall–Kier alpha value is -1.71. The van der Waals surface area contributed by atoms with Crippen molar-refractivity contribution in [1.29, 1.82) is 0 Å². The molecule has 1 aromatic carbocycles. The standard InChI is InChI=1S/C11H6BrClN2O5S/c1-4-2-5(12)3-6(15(18)19)7(4)20-11-14-9(13)8(21-11)10(16)17/h2-3H,1H3,(H,16,17). The minimum Gasteiger partial charge on any atom is -0.477 e. The molecule has 2 aromatic rings. The summed E-state index contributed by atoms with van der Waals surface area (Å²) < 4.78 is 5.90. The number of aromatic carboxylic acids is 1. The summed E-state index contributed by atoms with van der Waals surface area (Å²) in [4.78, 5) is 24.9. The van der Waals surface area contributed by atoms with Gasteiger partial charge < -0.3 is 9.84 Å². The summed E-state index contributed by atoms with van der Waals surface area (Å²) in [6, 6.07) is 2.92. The molecule has 0 aliphatic heterocycles. The maximum Gasteiger partial charge on any atom is 0.349 e. The van der Waals surface area contributed by atoms with Crippen LogP contribution in [0.4, 0.5) is 5.69 Å². The first kappa shape index (κ1) is 15.7. The number of carboxylic acids is 1. The molecule has 2 rings (SSSR count). The van der Waals surface area contributed by atoms with Crippen LogP contribution >= 0.6 is 38.9 Å². The minimum absolute atomic E-state index is 0.00874. The lowest BCUT2D eigenvalue weighted by Gasteiger charge is -2.06. The number of halogens is 2. The van der Waals surface area contributed by atoms with Crippen LogP contribution < -0.4 is 4.74 Å². The Bertz CT molecular complexity index is 748. The first-order chi connectivity index (χ1) is 9.79. The molecular weight excluding hydrogens is 388 g/mol. The highest BCUT2D eigenvalue weighted by Crippen LogP contribution is 2.39. The molecule has 0 unspecified atom stereocenters. The van der Waals surface area contributed by atoms with E-state index in [1.165, 1.54) is 6.07 Å². The van der Waals surface area contributed by atoms with Crippen LogP contribution in [0.2, 0.25) is 5.15 Å². The molecule has 0 saturated heterocycles. The molecular formula is C11H6BrClN2O5S. The van der Waals surface area contributed by atoms with E-state index in [-0.39, 0.29) is 26.7 Å². The zero-order valence-corrected chi connectivity index (χ0v) is 13.5. The first-order valence-corrected chi connectivity index (χ1v) is 7.30. The summed E-state index contributed by atoms with van der Waals surface area (Å²) in [6.45, 7) is 1.63. The minimum atomic E-state index is -1.24. The maximum absolute atomic E-state index is 11.1. The van der Waals surface area contributed by atoms with Crippen LogP contribution in [0.25, 0.3) is 0 Å². The van der Waals surface area contributed by atoms with Gasteiger partial charge >= 0.3 is 11.7 Å². The Morgan fingerprint density at radius 2 is 2.24 bits per heavy atom. The molecule has 1 N–H and O–H groups in total. The molecule has 0 saturated carbocycles. The summed E-state index contributed by atoms with van der Waals surface area (Å²) >= 11 is 9.53. The smallest absolute Gasteiger partial charge is 0.349 e. The van der Waals surface area contributed by atoms with Crippen LogP contribution in [0.5, 0.6) is 10.9 Å². The van der Waals surface area contributed by atoms with Gasteiger partial charge in [-0.25, -0.2) is 4.79 Å². The summed E-state index contributed by atoms with van der Waals surface area (Å²) in [5.41, 5.74) is 0.240. The van der Waals surface area contributed by atoms with E-state index >= 15 is 0 Å². The molecule has 0 spiro atoms. The number of rotatable bonds is 4. The van der Waals surface area contributed by atoms with Gasteiger partial charge in [0, 0.05) is 16.1 Å². The average molecular weight is 394 g/mol. The molecule has 1 aromatic heterocycles. The van der Waals surface area contributed by atoms with Crippen LogP contribution in [0.1, 0.15) is 15.2 Å². The van der Waals surface area contributed by atoms with Crippen LogP contribution in [-0.2, 0) is 0 Å². The van der Waals surface area contributed by atoms with Crippen molar-refractivity contribution in [3.8, 4) is 10.9 Å². The number of carbonyl (C=O) groups is 1. The van der Waals surface area contributed by atoms with Crippen molar-refractivity contribution in [1.82, 2.24) is 4.98 Å². The van der Waals surface area contributed by atoms with Gasteiger partial charge in [0.05, 0.1) is 4.92 Å². The van der Waals surface area contributed by atoms with E-state index in [4.69, 9.17) is 21.4 Å². The van der Waals surface area contributed by atoms with Crippen molar-refractivity contribution in [2.24, 2.45) is 0 Å². The van der Waals surface area contributed by atoms with Gasteiger partial charge in [0.25, 0.3) is 5.19 Å². The molecule has 0 aliphatic carbocycles. The number of nitro benzene ring substituents is 1. The molecule has 0 amide bonds. The van der Waals surface area contributed by atoms with Crippen LogP contribution in [0.3, 0.4) is 0 Å². The van der Waals surface area contributed by atoms with Crippen LogP contribution in [0, 0.1) is 17.0 Å². The Kier molecular flexibility index (Phi) is 4.45. The van der Waals surface area contributed by atoms with Crippen LogP contribution in [-0.4, -0.2) is 21.0 Å². The number of aromatic nitrogens is 1. The van der Waals surface area contributed by atoms with E-state index in [1.807, 2.05) is 0 Å². The number of hydrogen-bond acceptors (Lipinski definition) is 6. The fourth-order valence-corrected chi connectivity index (χ4v) is 3.06. The predicted octanol–water partition coefficient (Wildman–Crippen LogP) is 4.27. The van der Waals surface area contributed by atoms with Gasteiger partial charge in [-0.3, -0.25) is 10.1 Å². The topological polar surface area (TPSA) is 103 Å². The Balaban J connectivity index is 2.46. The SMILES string of the molecule is Cc1cc(Br)cc([N+](=O)[O-])c1Oc1nc(Cl)c(C(=O)O)s1. The molecule has 1 heterocycles. The van der Waals surface area contributed by atoms with Gasteiger partial charge in [-0.05, 0) is 13.0 Å². The van der Waals surface area contributed by atoms with Crippen molar-refractivity contribution in [3.63, 3.8) is 0 Å². The monoisotopic (exact) mass is 392 g/mol. The summed E-state index contributed by atoms with van der Waals surface area (Å²) in [6.07, 6.45) is 0. The summed E-state index contributed by atoms with van der Waals surface area (Å²) in [5.74, 6) is -1.25. The Labute approximate surface area is 135 Å². The van der Waals surface area contributed by atoms with Crippen LogP contribution in [0.15, 0.2) is 16.6 Å². The summed E-state index contributed by atoms with van der Waals surface area (Å²) in [5, 5.41) is 19.7. The van der Waals surface area contributed by atoms with Crippen molar-refractivity contribution in [2.45, 2.75) is 6.92 Å². The van der Waals surface area contributed by atoms with Crippen molar-refractivity contribution < 1.29 is 19.6 Å². The molecule has 0 atom stereocenters. The fraction of sp³-hybridized carbons (Fsp3) is 0.0909. The van der Waals surface area contributed by atoms with E-state index < -0.39 is 10.9 Å². The molecule has 110 valence electrons. The lowest BCUT2D eigenvalue weighted by molar-refractivity contribution is -0.385. The second kappa shape index (κ2) is 5.96. The lowest BCUT2D eigenvalue weighted by Crippen LogP contribution is -1.96. The normalized spacial score (nSPS) is 10.4. The molecule has 10 heteroatoms. The molecule has 0 fully saturated rings. The number of hydrogen-bond donors (Lipinski definition) is 1. The van der Waals surface area contributed by atoms with E-state index in [9.17, 15) is 14.9 Å². The zero-order valence-electron chi connectivity index (χ0n) is 10.3. The molecule has 21 heavy (non-hydrogen) atoms. The van der Waals surface area contributed by atoms with Gasteiger partial charge in [-0.2, -0.15) is 4.98 Å². The summed E-state index contributed by atoms with van der Waals surface area (Å²) in [7, 11) is 0. The first-order valence-electron chi connectivity index (χ1n) is 5.31. The third-order valence-electron chi connectivity index (χ3n) is 2.37. The quantitative estimate of drug-likeness (QED) is 0.615. The molecule has 0 aliphatic rings. The number of ether oxygens (including phenoxy) is 1. The van der Waals surface area contributed by atoms with E-state index in [2.05, 4.69) is 20.9 Å². The third-order valence-corrected chi connectivity index (χ3v) is 4.13. The number of thiazole rings is 1. The van der Waals surface area contributed by atoms with Crippen molar-refractivity contribution >= 4 is 50.5 Å². The lowest BCUT2D eigenvalue weighted by atomic mass is 10.2. The second-order valence-corrected chi connectivity index (χ2v) is 6.07. The van der Waals surface area contributed by atoms with Gasteiger partial charge in [0.15, 0.2) is 10.0 Å². The fourth-order valence-electron chi connectivity index (χ4n) is 1.53. The van der Waals surface area contributed by atoms with E-state index in [0.29, 0.717) is 21.4 Å². The number of nitrogens with zero attached hydrogens (tertiary/aromatic N) is 2. The van der Waals surface area contributed by atoms with Gasteiger partial charge in [-0.1, -0.05) is 38.9 Å². The largest absolute Gasteiger partial charge is 0.477 e. The van der Waals surface area contributed by atoms with Gasteiger partial charge in [0.1, 0.15) is 0 Å². The number of carboxylic acid groups (broad SMARTS) is 1. The van der Waals surface area contributed by atoms with Gasteiger partial charge in [-0.15, -0.1) is 0 Å². The third kappa shape index (κ3) is 3.31. The number of benzene rings is 1. The highest BCUT2D eigenvalue weighted by Gasteiger charge is 2.23. The zero-order chi connectivity index (χ0) is 15.7. The molecule has 0 bridgehead atoms. The predicted molar refractivity (Wildman–Crippen MR) is 79.7 cm³/mol. The van der Waals surface area contributed by atoms with E-state index in [0.717, 1.165) is 0 Å². The highest BCUT2D eigenvalue weighted by atomic mass is 79.9. The van der Waals surface area contributed by atoms with Crippen molar-refractivity contribution in [2.75, 3.05) is 0 Å². The molecule has 0 radical (unpaired) electrons. The maximum atomic E-state index is 11.1. The number of aryl methyl sites for hydroxylation is 1. The van der Waals surface area contributed by atoms with Gasteiger partial charge in [0.2, 0.25) is 5.75 Å². The van der Waals surface area contributed by atoms with E-state index in [1.54, 1.807) is 13.0 Å². The van der Waals surface area contributed by atoms with Crippen molar-refractivity contribution in [3.05, 3.63) is 42.3 Å². The Morgan fingerprint density at radius 1 is 1.57 bits per heavy atom. The highest BCUT2D eigenvalue weighted by molar-refractivity contribution is 9.10. The molecule has 7 nitrogen and oxygen atoms in total. The Morgan fingerprint density at radius 3 is 2.76 bits per heavy atom. The number of nitro groups is 1.